The van der Waals surface area contributed by atoms with Crippen molar-refractivity contribution in [3.63, 3.8) is 0 Å². The summed E-state index contributed by atoms with van der Waals surface area (Å²) >= 11 is 3.65. The third-order valence-corrected chi connectivity index (χ3v) is 5.79. The van der Waals surface area contributed by atoms with Crippen LogP contribution in [-0.2, 0) is 4.74 Å². The van der Waals surface area contributed by atoms with E-state index in [4.69, 9.17) is 9.47 Å². The number of benzene rings is 2. The Morgan fingerprint density at radius 3 is 2.71 bits per heavy atom. The number of hydrogen-bond acceptors (Lipinski definition) is 3. The Hall–Kier alpha value is -1.75. The summed E-state index contributed by atoms with van der Waals surface area (Å²) in [6, 6.07) is 8.34. The van der Waals surface area contributed by atoms with Crippen LogP contribution in [-0.4, -0.2) is 30.2 Å². The number of aryl methyl sites for hydroxylation is 1. The average Bonchev–Trinajstić information content (AvgIpc) is 2.99. The van der Waals surface area contributed by atoms with Crippen molar-refractivity contribution in [3.8, 4) is 5.75 Å². The molecule has 2 aromatic rings. The maximum atomic E-state index is 12.9. The predicted molar refractivity (Wildman–Crippen MR) is 119 cm³/mol. The van der Waals surface area contributed by atoms with Crippen LogP contribution >= 0.6 is 15.9 Å². The van der Waals surface area contributed by atoms with E-state index in [0.29, 0.717) is 13.2 Å². The number of hydrogen-bond donors (Lipinski definition) is 0. The lowest BCUT2D eigenvalue weighted by Gasteiger charge is -2.25. The van der Waals surface area contributed by atoms with Crippen LogP contribution < -0.4 is 9.64 Å². The smallest absolute Gasteiger partial charge is 0.414 e. The minimum atomic E-state index is -0.531. The lowest BCUT2D eigenvalue weighted by atomic mass is 9.92. The molecule has 152 valence electrons. The van der Waals surface area contributed by atoms with E-state index in [-0.39, 0.29) is 12.0 Å². The lowest BCUT2D eigenvalue weighted by molar-refractivity contribution is 0.0582. The van der Waals surface area contributed by atoms with Crippen LogP contribution in [0.3, 0.4) is 0 Å². The van der Waals surface area contributed by atoms with Crippen molar-refractivity contribution >= 4 is 38.5 Å². The van der Waals surface area contributed by atoms with Crippen LogP contribution in [0.5, 0.6) is 5.75 Å². The first-order chi connectivity index (χ1) is 13.3. The van der Waals surface area contributed by atoms with Gasteiger partial charge >= 0.3 is 6.09 Å². The van der Waals surface area contributed by atoms with Crippen LogP contribution in [0.4, 0.5) is 10.5 Å². The van der Waals surface area contributed by atoms with E-state index in [1.54, 1.807) is 4.90 Å². The Labute approximate surface area is 176 Å². The molecule has 0 aliphatic carbocycles. The molecule has 0 unspecified atom stereocenters. The molecule has 1 aliphatic rings. The number of halogens is 1. The van der Waals surface area contributed by atoms with Gasteiger partial charge < -0.3 is 9.47 Å². The molecule has 0 radical (unpaired) electrons. The van der Waals surface area contributed by atoms with Gasteiger partial charge in [-0.2, -0.15) is 0 Å². The minimum Gasteiger partial charge on any atom is -0.493 e. The predicted octanol–water partition coefficient (Wildman–Crippen LogP) is 6.56. The highest BCUT2D eigenvalue weighted by molar-refractivity contribution is 9.09. The fraction of sp³-hybridized carbons (Fsp3) is 0.522. The van der Waals surface area contributed by atoms with E-state index in [1.807, 2.05) is 26.8 Å². The quantitative estimate of drug-likeness (QED) is 0.384. The van der Waals surface area contributed by atoms with Gasteiger partial charge in [-0.1, -0.05) is 47.5 Å². The third kappa shape index (κ3) is 4.14. The number of anilines is 1. The monoisotopic (exact) mass is 447 g/mol. The van der Waals surface area contributed by atoms with Crippen molar-refractivity contribution in [1.29, 1.82) is 0 Å². The van der Waals surface area contributed by atoms with Crippen LogP contribution in [0.15, 0.2) is 24.3 Å². The van der Waals surface area contributed by atoms with E-state index in [9.17, 15) is 4.79 Å². The number of nitrogens with zero attached hydrogens (tertiary/aromatic N) is 1. The molecule has 5 heteroatoms. The van der Waals surface area contributed by atoms with E-state index < -0.39 is 5.60 Å². The maximum Gasteiger partial charge on any atom is 0.414 e. The second kappa shape index (κ2) is 8.32. The van der Waals surface area contributed by atoms with Gasteiger partial charge in [0.2, 0.25) is 0 Å². The summed E-state index contributed by atoms with van der Waals surface area (Å²) in [4.78, 5) is 14.7. The van der Waals surface area contributed by atoms with Gasteiger partial charge in [-0.15, -0.1) is 0 Å². The summed E-state index contributed by atoms with van der Waals surface area (Å²) in [6.07, 6.45) is 1.78. The third-order valence-electron chi connectivity index (χ3n) is 5.01. The summed E-state index contributed by atoms with van der Waals surface area (Å²) in [5.41, 5.74) is 2.79. The van der Waals surface area contributed by atoms with Gasteiger partial charge in [0.25, 0.3) is 0 Å². The maximum absolute atomic E-state index is 12.9. The van der Waals surface area contributed by atoms with E-state index >= 15 is 0 Å². The number of carbonyl (C=O) groups excluding carboxylic acids is 1. The minimum absolute atomic E-state index is 0.218. The molecule has 0 N–H and O–H groups in total. The average molecular weight is 448 g/mol. The van der Waals surface area contributed by atoms with Gasteiger partial charge in [0.1, 0.15) is 11.4 Å². The molecule has 0 fully saturated rings. The summed E-state index contributed by atoms with van der Waals surface area (Å²) in [6.45, 7) is 11.2. The Morgan fingerprint density at radius 2 is 2.07 bits per heavy atom. The van der Waals surface area contributed by atoms with Gasteiger partial charge in [-0.05, 0) is 50.6 Å². The zero-order valence-corrected chi connectivity index (χ0v) is 19.1. The number of carbonyl (C=O) groups is 1. The van der Waals surface area contributed by atoms with E-state index in [0.717, 1.165) is 35.0 Å². The molecular formula is C23H30BrNO3. The SMILES string of the molecule is CCCCOc1cc2c(c3c(C)cccc13)[C@H](CBr)CN2C(=O)OC(C)(C)C. The first kappa shape index (κ1) is 21.0. The fourth-order valence-electron chi connectivity index (χ4n) is 3.75. The van der Waals surface area contributed by atoms with Gasteiger partial charge in [-0.3, -0.25) is 4.90 Å². The fourth-order valence-corrected chi connectivity index (χ4v) is 4.28. The molecular weight excluding hydrogens is 418 g/mol. The van der Waals surface area contributed by atoms with Crippen LogP contribution in [0.1, 0.15) is 57.6 Å². The highest BCUT2D eigenvalue weighted by Gasteiger charge is 2.37. The standard InChI is InChI=1S/C23H30BrNO3/c1-6-7-11-27-19-12-18-21(20-15(2)9-8-10-17(19)20)16(13-24)14-25(18)22(26)28-23(3,4)5/h8-10,12,16H,6-7,11,13-14H2,1-5H3/t16-/m1/s1. The molecule has 1 atom stereocenters. The Bertz CT molecular complexity index is 872. The molecule has 1 amide bonds. The van der Waals surface area contributed by atoms with Crippen molar-refractivity contribution in [2.75, 3.05) is 23.4 Å². The largest absolute Gasteiger partial charge is 0.493 e. The summed E-state index contributed by atoms with van der Waals surface area (Å²) < 4.78 is 11.8. The van der Waals surface area contributed by atoms with Gasteiger partial charge in [-0.25, -0.2) is 4.79 Å². The van der Waals surface area contributed by atoms with Crippen molar-refractivity contribution < 1.29 is 14.3 Å². The summed E-state index contributed by atoms with van der Waals surface area (Å²) in [5, 5.41) is 3.10. The Kier molecular flexibility index (Phi) is 6.23. The number of unbranched alkanes of at least 4 members (excludes halogenated alkanes) is 1. The van der Waals surface area contributed by atoms with Gasteiger partial charge in [0.05, 0.1) is 12.3 Å². The van der Waals surface area contributed by atoms with Crippen LogP contribution in [0.2, 0.25) is 0 Å². The lowest BCUT2D eigenvalue weighted by Crippen LogP contribution is -2.36. The van der Waals surface area contributed by atoms with Crippen molar-refractivity contribution in [1.82, 2.24) is 0 Å². The van der Waals surface area contributed by atoms with Crippen molar-refractivity contribution in [2.24, 2.45) is 0 Å². The molecule has 0 saturated carbocycles. The second-order valence-electron chi connectivity index (χ2n) is 8.45. The molecule has 3 rings (SSSR count). The number of rotatable bonds is 5. The van der Waals surface area contributed by atoms with E-state index in [2.05, 4.69) is 48.0 Å². The normalized spacial score (nSPS) is 16.4. The Morgan fingerprint density at radius 1 is 1.32 bits per heavy atom. The molecule has 1 aliphatic heterocycles. The van der Waals surface area contributed by atoms with Crippen LogP contribution in [0, 0.1) is 6.92 Å². The molecule has 0 spiro atoms. The molecule has 28 heavy (non-hydrogen) atoms. The molecule has 2 aromatic carbocycles. The summed E-state index contributed by atoms with van der Waals surface area (Å²) in [5.74, 6) is 1.06. The zero-order valence-electron chi connectivity index (χ0n) is 17.5. The zero-order chi connectivity index (χ0) is 20.5. The highest BCUT2D eigenvalue weighted by atomic mass is 79.9. The second-order valence-corrected chi connectivity index (χ2v) is 9.10. The number of amides is 1. The molecule has 0 bridgehead atoms. The van der Waals surface area contributed by atoms with E-state index in [1.165, 1.54) is 16.5 Å². The number of ether oxygens (including phenoxy) is 2. The first-order valence-electron chi connectivity index (χ1n) is 10.0. The van der Waals surface area contributed by atoms with Crippen molar-refractivity contribution in [3.05, 3.63) is 35.4 Å². The van der Waals surface area contributed by atoms with Gasteiger partial charge in [0.15, 0.2) is 0 Å². The van der Waals surface area contributed by atoms with Crippen LogP contribution in [0.25, 0.3) is 10.8 Å². The molecule has 0 saturated heterocycles. The van der Waals surface area contributed by atoms with Crippen molar-refractivity contribution in [2.45, 2.75) is 59.0 Å². The highest BCUT2D eigenvalue weighted by Crippen LogP contribution is 2.47. The Balaban J connectivity index is 2.15. The molecule has 4 nitrogen and oxygen atoms in total. The number of alkyl halides is 1. The first-order valence-corrected chi connectivity index (χ1v) is 11.1. The number of fused-ring (bicyclic) bond motifs is 3. The summed E-state index contributed by atoms with van der Waals surface area (Å²) in [7, 11) is 0. The topological polar surface area (TPSA) is 38.8 Å². The molecule has 1 heterocycles. The molecule has 0 aromatic heterocycles. The van der Waals surface area contributed by atoms with Gasteiger partial charge in [0, 0.05) is 29.2 Å².